The number of carbonyl (C=O) groups is 3. The summed E-state index contributed by atoms with van der Waals surface area (Å²) < 4.78 is 10.9. The highest BCUT2D eigenvalue weighted by molar-refractivity contribution is 8.27. The monoisotopic (exact) mass is 499 g/mol. The van der Waals surface area contributed by atoms with Gasteiger partial charge in [0.15, 0.2) is 4.32 Å². The fourth-order valence-corrected chi connectivity index (χ4v) is 4.65. The number of furan rings is 1. The highest BCUT2D eigenvalue weighted by atomic mass is 35.5. The van der Waals surface area contributed by atoms with Crippen molar-refractivity contribution in [1.82, 2.24) is 0 Å². The van der Waals surface area contributed by atoms with Crippen LogP contribution in [0.5, 0.6) is 0 Å². The summed E-state index contributed by atoms with van der Waals surface area (Å²) in [7, 11) is 1.26. The quantitative estimate of drug-likeness (QED) is 0.279. The van der Waals surface area contributed by atoms with Crippen LogP contribution in [0.4, 0.5) is 5.69 Å². The van der Waals surface area contributed by atoms with Crippen molar-refractivity contribution in [3.8, 4) is 11.3 Å². The highest BCUT2D eigenvalue weighted by Gasteiger charge is 2.35. The standard InChI is InChI=1S/C23H14ClNO6S2/c1-30-22(29)14-4-2-3-5-17(14)25-20(26)19(33-23(25)32)11-13-7-9-18(31-13)12-6-8-16(24)15(10-12)21(27)28/h2-11H,1H3,(H,27,28)/b19-11-. The van der Waals surface area contributed by atoms with E-state index in [0.29, 0.717) is 27.7 Å². The second-order valence-corrected chi connectivity index (χ2v) is 8.81. The number of hydrogen-bond donors (Lipinski definition) is 1. The third-order valence-corrected chi connectivity index (χ3v) is 6.36. The molecule has 7 nitrogen and oxygen atoms in total. The van der Waals surface area contributed by atoms with Crippen LogP contribution in [0.1, 0.15) is 26.5 Å². The number of nitrogens with zero attached hydrogens (tertiary/aromatic N) is 1. The average Bonchev–Trinajstić information content (AvgIpc) is 3.37. The topological polar surface area (TPSA) is 97.0 Å². The number of benzene rings is 2. The van der Waals surface area contributed by atoms with E-state index in [9.17, 15) is 19.5 Å². The number of esters is 1. The molecule has 166 valence electrons. The van der Waals surface area contributed by atoms with Crippen LogP contribution in [-0.2, 0) is 9.53 Å². The number of amides is 1. The summed E-state index contributed by atoms with van der Waals surface area (Å²) in [6.45, 7) is 0. The summed E-state index contributed by atoms with van der Waals surface area (Å²) in [6.07, 6.45) is 1.54. The summed E-state index contributed by atoms with van der Waals surface area (Å²) in [6, 6.07) is 14.4. The Kier molecular flexibility index (Phi) is 6.37. The maximum Gasteiger partial charge on any atom is 0.339 e. The van der Waals surface area contributed by atoms with Crippen molar-refractivity contribution >= 4 is 69.5 Å². The van der Waals surface area contributed by atoms with Gasteiger partial charge in [0.25, 0.3) is 5.91 Å². The minimum atomic E-state index is -1.15. The number of methoxy groups -OCH3 is 1. The number of ether oxygens (including phenoxy) is 1. The Bertz CT molecular complexity index is 1350. The van der Waals surface area contributed by atoms with Crippen LogP contribution in [-0.4, -0.2) is 34.4 Å². The summed E-state index contributed by atoms with van der Waals surface area (Å²) in [5.74, 6) is -1.35. The Morgan fingerprint density at radius 3 is 2.64 bits per heavy atom. The normalized spacial score (nSPS) is 14.7. The molecule has 4 rings (SSSR count). The van der Waals surface area contributed by atoms with E-state index in [1.807, 2.05) is 0 Å². The van der Waals surface area contributed by atoms with E-state index in [1.54, 1.807) is 42.5 Å². The van der Waals surface area contributed by atoms with Crippen LogP contribution in [0.15, 0.2) is 63.9 Å². The van der Waals surface area contributed by atoms with Crippen LogP contribution in [0.2, 0.25) is 5.02 Å². The molecule has 33 heavy (non-hydrogen) atoms. The number of thioether (sulfide) groups is 1. The van der Waals surface area contributed by atoms with Crippen LogP contribution in [0.3, 0.4) is 0 Å². The summed E-state index contributed by atoms with van der Waals surface area (Å²) in [5, 5.41) is 9.38. The Balaban J connectivity index is 1.64. The zero-order chi connectivity index (χ0) is 23.7. The van der Waals surface area contributed by atoms with E-state index >= 15 is 0 Å². The average molecular weight is 500 g/mol. The molecule has 0 bridgehead atoms. The van der Waals surface area contributed by atoms with Gasteiger partial charge in [-0.05, 0) is 42.5 Å². The van der Waals surface area contributed by atoms with Crippen molar-refractivity contribution in [3.05, 3.63) is 81.4 Å². The fraction of sp³-hybridized carbons (Fsp3) is 0.0435. The zero-order valence-electron chi connectivity index (χ0n) is 16.9. The minimum absolute atomic E-state index is 0.0442. The first-order valence-electron chi connectivity index (χ1n) is 9.38. The van der Waals surface area contributed by atoms with Crippen molar-refractivity contribution in [2.75, 3.05) is 12.0 Å². The molecule has 1 aliphatic heterocycles. The Labute approximate surface area is 202 Å². The predicted molar refractivity (Wildman–Crippen MR) is 130 cm³/mol. The number of carboxylic acid groups (broad SMARTS) is 1. The van der Waals surface area contributed by atoms with Gasteiger partial charge in [-0.2, -0.15) is 0 Å². The third-order valence-electron chi connectivity index (χ3n) is 4.73. The first kappa shape index (κ1) is 22.8. The van der Waals surface area contributed by atoms with Crippen molar-refractivity contribution in [2.24, 2.45) is 0 Å². The van der Waals surface area contributed by atoms with Gasteiger partial charge in [0, 0.05) is 11.6 Å². The molecule has 1 saturated heterocycles. The molecule has 0 atom stereocenters. The lowest BCUT2D eigenvalue weighted by atomic mass is 10.1. The van der Waals surface area contributed by atoms with Gasteiger partial charge < -0.3 is 14.3 Å². The summed E-state index contributed by atoms with van der Waals surface area (Å²) in [4.78, 5) is 38.1. The molecule has 0 unspecified atom stereocenters. The first-order valence-corrected chi connectivity index (χ1v) is 11.0. The molecule has 1 aromatic heterocycles. The van der Waals surface area contributed by atoms with Crippen LogP contribution < -0.4 is 4.90 Å². The number of aromatic carboxylic acids is 1. The van der Waals surface area contributed by atoms with Gasteiger partial charge in [-0.25, -0.2) is 9.59 Å². The number of para-hydroxylation sites is 1. The molecule has 1 aliphatic rings. The minimum Gasteiger partial charge on any atom is -0.478 e. The summed E-state index contributed by atoms with van der Waals surface area (Å²) >= 11 is 12.4. The molecule has 1 fully saturated rings. The first-order chi connectivity index (χ1) is 15.8. The fourth-order valence-electron chi connectivity index (χ4n) is 3.18. The number of anilines is 1. The van der Waals surface area contributed by atoms with Crippen LogP contribution in [0, 0.1) is 0 Å². The SMILES string of the molecule is COC(=O)c1ccccc1N1C(=O)/C(=C/c2ccc(-c3ccc(Cl)c(C(=O)O)c3)o2)SC1=S. The van der Waals surface area contributed by atoms with Gasteiger partial charge in [0.05, 0.1) is 33.9 Å². The lowest BCUT2D eigenvalue weighted by Crippen LogP contribution is -2.29. The number of carboxylic acids is 1. The molecule has 2 heterocycles. The van der Waals surface area contributed by atoms with E-state index in [4.69, 9.17) is 33.0 Å². The van der Waals surface area contributed by atoms with Crippen LogP contribution in [0.25, 0.3) is 17.4 Å². The lowest BCUT2D eigenvalue weighted by molar-refractivity contribution is -0.113. The Morgan fingerprint density at radius 2 is 1.91 bits per heavy atom. The van der Waals surface area contributed by atoms with Crippen molar-refractivity contribution in [1.29, 1.82) is 0 Å². The molecule has 1 N–H and O–H groups in total. The molecule has 10 heteroatoms. The molecule has 0 radical (unpaired) electrons. The number of thiocarbonyl (C=S) groups is 1. The highest BCUT2D eigenvalue weighted by Crippen LogP contribution is 2.38. The predicted octanol–water partition coefficient (Wildman–Crippen LogP) is 5.49. The van der Waals surface area contributed by atoms with E-state index in [1.165, 1.54) is 30.2 Å². The van der Waals surface area contributed by atoms with Crippen LogP contribution >= 0.6 is 35.6 Å². The molecule has 3 aromatic rings. The summed E-state index contributed by atoms with van der Waals surface area (Å²) in [5.41, 5.74) is 1.03. The largest absolute Gasteiger partial charge is 0.478 e. The van der Waals surface area contributed by atoms with Crippen molar-refractivity contribution in [3.63, 3.8) is 0 Å². The van der Waals surface area contributed by atoms with E-state index in [2.05, 4.69) is 0 Å². The van der Waals surface area contributed by atoms with Crippen molar-refractivity contribution in [2.45, 2.75) is 0 Å². The maximum absolute atomic E-state index is 13.1. The lowest BCUT2D eigenvalue weighted by Gasteiger charge is -2.17. The van der Waals surface area contributed by atoms with Gasteiger partial charge in [0.2, 0.25) is 0 Å². The second-order valence-electron chi connectivity index (χ2n) is 6.73. The van der Waals surface area contributed by atoms with Crippen molar-refractivity contribution < 1.29 is 28.6 Å². The van der Waals surface area contributed by atoms with E-state index in [-0.39, 0.29) is 20.5 Å². The second kappa shape index (κ2) is 9.22. The zero-order valence-corrected chi connectivity index (χ0v) is 19.3. The molecule has 1 amide bonds. The Morgan fingerprint density at radius 1 is 1.15 bits per heavy atom. The Hall–Kier alpha value is -3.40. The van der Waals surface area contributed by atoms with Gasteiger partial charge in [-0.15, -0.1) is 0 Å². The third kappa shape index (κ3) is 4.43. The van der Waals surface area contributed by atoms with Gasteiger partial charge >= 0.3 is 11.9 Å². The molecule has 2 aromatic carbocycles. The van der Waals surface area contributed by atoms with Gasteiger partial charge in [0.1, 0.15) is 11.5 Å². The molecule has 0 spiro atoms. The molecule has 0 saturated carbocycles. The number of carbonyl (C=O) groups excluding carboxylic acids is 2. The van der Waals surface area contributed by atoms with E-state index < -0.39 is 17.8 Å². The number of hydrogen-bond acceptors (Lipinski definition) is 7. The van der Waals surface area contributed by atoms with Gasteiger partial charge in [-0.1, -0.05) is 47.7 Å². The number of rotatable bonds is 5. The van der Waals surface area contributed by atoms with Gasteiger partial charge in [-0.3, -0.25) is 9.69 Å². The van der Waals surface area contributed by atoms with E-state index in [0.717, 1.165) is 11.8 Å². The smallest absolute Gasteiger partial charge is 0.339 e. The molecular weight excluding hydrogens is 486 g/mol. The number of halogens is 1. The molecule has 0 aliphatic carbocycles. The maximum atomic E-state index is 13.1. The molecular formula is C23H14ClNO6S2.